The molecule has 0 fully saturated rings. The van der Waals surface area contributed by atoms with E-state index in [1.165, 1.54) is 0 Å². The molecule has 1 nitrogen and oxygen atoms in total. The normalized spacial score (nSPS) is 17.2. The molecule has 0 N–H and O–H groups in total. The van der Waals surface area contributed by atoms with E-state index in [0.717, 1.165) is 0 Å². The molecule has 0 aliphatic heterocycles. The van der Waals surface area contributed by atoms with Gasteiger partial charge in [0.05, 0.1) is 0 Å². The molecule has 776 valence electrons. The summed E-state index contributed by atoms with van der Waals surface area (Å²) in [7, 11) is 0. The van der Waals surface area contributed by atoms with Crippen molar-refractivity contribution in [3.63, 3.8) is 0 Å². The van der Waals surface area contributed by atoms with E-state index in [1.54, 1.807) is 0 Å². The van der Waals surface area contributed by atoms with Gasteiger partial charge in [-0.25, -0.2) is 0 Å². The summed E-state index contributed by atoms with van der Waals surface area (Å²) in [5.74, 6) is -294. The molecule has 0 aromatic heterocycles. The van der Waals surface area contributed by atoms with Gasteiger partial charge >= 0.3 is 661 Å². The molecule has 0 atom stereocenters. The third kappa shape index (κ3) is 18.8. The van der Waals surface area contributed by atoms with Crippen LogP contribution in [-0.2, 0) is 1.41 Å². The standard InChI is InChI=1S/6C8H4F13.O.2Sn/c6*1-2-3(9,10)4(11,12)5(13,14)6(15,16)7(17,18)8(19,20)21;;;/h6*1-2H2;;;. The fourth-order valence-electron chi connectivity index (χ4n) is 9.58. The second-order valence-electron chi connectivity index (χ2n) is 26.5. The maximum absolute atomic E-state index is 16.0. The quantitative estimate of drug-likeness (QED) is 0.0436. The summed E-state index contributed by atoms with van der Waals surface area (Å²) in [5.41, 5.74) is 0. The Morgan fingerprint density at radius 1 is 0.101 bits per heavy atom. The number of hydrogen-bond acceptors (Lipinski definition) is 1. The van der Waals surface area contributed by atoms with E-state index in [0.29, 0.717) is 0 Å². The Labute approximate surface area is 660 Å². The molecule has 0 spiro atoms. The molecule has 0 saturated heterocycles. The molecule has 0 aliphatic carbocycles. The van der Waals surface area contributed by atoms with Crippen LogP contribution in [0.3, 0.4) is 0 Å². The molecule has 0 heterocycles. The molecule has 0 unspecified atom stereocenters. The molecular weight excluding hydrogens is 2310 g/mol. The van der Waals surface area contributed by atoms with E-state index >= 15 is 105 Å². The fraction of sp³-hybridized carbons (Fsp3) is 1.00. The van der Waals surface area contributed by atoms with Gasteiger partial charge in [0.2, 0.25) is 0 Å². The number of halogens is 78. The Kier molecular flexibility index (Phi) is 32.4. The van der Waals surface area contributed by atoms with Crippen molar-refractivity contribution in [1.82, 2.24) is 0 Å². The molecule has 0 bridgehead atoms. The third-order valence-electron chi connectivity index (χ3n) is 17.8. The van der Waals surface area contributed by atoms with Crippen LogP contribution in [0.25, 0.3) is 0 Å². The first-order chi connectivity index (χ1) is 54.4. The zero-order valence-electron chi connectivity index (χ0n) is 57.4. The second kappa shape index (κ2) is 33.5. The monoisotopic (exact) mass is 2340 g/mol. The average Bonchev–Trinajstić information content (AvgIpc) is 0.729. The first kappa shape index (κ1) is 125. The summed E-state index contributed by atoms with van der Waals surface area (Å²) >= 11 is -24.1. The van der Waals surface area contributed by atoms with Crippen molar-refractivity contribution in [2.24, 2.45) is 0 Å². The molecule has 0 amide bonds. The molecule has 0 aliphatic rings. The molecule has 129 heavy (non-hydrogen) atoms. The van der Waals surface area contributed by atoms with E-state index in [-0.39, 0.29) is 0 Å². The first-order valence-electron chi connectivity index (χ1n) is 29.9. The topological polar surface area (TPSA) is 9.23 Å². The van der Waals surface area contributed by atoms with E-state index in [4.69, 9.17) is 0 Å². The van der Waals surface area contributed by atoms with Crippen LogP contribution < -0.4 is 0 Å². The SMILES string of the molecule is FC(F)(F)C(F)(F)C(F)(F)C(F)(F)C(F)(F)C(F)(F)C[CH2][Sn]([CH2]CC(F)(F)C(F)(F)C(F)(F)C(F)(F)C(F)(F)C(F)(F)F)([CH2]CC(F)(F)C(F)(F)C(F)(F)C(F)(F)C(F)(F)C(F)(F)F)[O][Sn]([CH2]CC(F)(F)C(F)(F)C(F)(F)C(F)(F)C(F)(F)C(F)(F)F)([CH2]CC(F)(F)C(F)(F)C(F)(F)C(F)(F)C(F)(F)C(F)(F)F)[CH2]CC(F)(F)C(F)(F)C(F)(F)C(F)(F)C(F)(F)C(F)(F)F. The minimum atomic E-state index is -12.0. The van der Waals surface area contributed by atoms with E-state index in [9.17, 15) is 237 Å². The van der Waals surface area contributed by atoms with Crippen LogP contribution in [0.5, 0.6) is 0 Å². The van der Waals surface area contributed by atoms with Gasteiger partial charge < -0.3 is 0 Å². The van der Waals surface area contributed by atoms with Crippen molar-refractivity contribution in [3.05, 3.63) is 0 Å². The predicted octanol–water partition coefficient (Wildman–Crippen LogP) is 29.7. The first-order valence-corrected chi connectivity index (χ1v) is 44.3. The average molecular weight is 2340 g/mol. The van der Waals surface area contributed by atoms with Crippen LogP contribution in [-0.4, -0.2) is 252 Å². The Balaban J connectivity index is 12.3. The van der Waals surface area contributed by atoms with Crippen LogP contribution in [0.1, 0.15) is 38.5 Å². The Morgan fingerprint density at radius 2 is 0.171 bits per heavy atom. The zero-order valence-corrected chi connectivity index (χ0v) is 63.1. The Bertz CT molecular complexity index is 3160. The Hall–Kier alpha value is -3.90. The number of alkyl halides is 78. The van der Waals surface area contributed by atoms with Gasteiger partial charge in [-0.3, -0.25) is 0 Å². The van der Waals surface area contributed by atoms with Crippen LogP contribution >= 0.6 is 0 Å². The summed E-state index contributed by atoms with van der Waals surface area (Å²) < 4.78 is 1100. The van der Waals surface area contributed by atoms with Crippen molar-refractivity contribution < 1.29 is 344 Å². The predicted molar refractivity (Wildman–Crippen MR) is 254 cm³/mol. The molecule has 0 aromatic rings. The van der Waals surface area contributed by atoms with Crippen molar-refractivity contribution in [2.45, 2.75) is 280 Å². The molecule has 0 aromatic carbocycles. The van der Waals surface area contributed by atoms with Crippen molar-refractivity contribution in [2.75, 3.05) is 0 Å². The van der Waals surface area contributed by atoms with Gasteiger partial charge in [0.25, 0.3) is 0 Å². The van der Waals surface area contributed by atoms with E-state index in [2.05, 4.69) is 1.41 Å². The third-order valence-corrected chi connectivity index (χ3v) is 56.7. The van der Waals surface area contributed by atoms with Crippen molar-refractivity contribution in [1.29, 1.82) is 0 Å². The summed E-state index contributed by atoms with van der Waals surface area (Å²) in [6.07, 6.45) is -89.6. The van der Waals surface area contributed by atoms with Gasteiger partial charge in [-0.05, 0) is 0 Å². The van der Waals surface area contributed by atoms with E-state index < -0.39 is 317 Å². The van der Waals surface area contributed by atoms with Crippen molar-refractivity contribution in [3.8, 4) is 0 Å². The Morgan fingerprint density at radius 3 is 0.240 bits per heavy atom. The van der Waals surface area contributed by atoms with Crippen molar-refractivity contribution >= 4 is 37.6 Å². The molecule has 0 saturated carbocycles. The van der Waals surface area contributed by atoms with Gasteiger partial charge in [-0.2, -0.15) is 0 Å². The number of rotatable bonds is 44. The van der Waals surface area contributed by atoms with E-state index in [1.807, 2.05) is 0 Å². The zero-order chi connectivity index (χ0) is 106. The van der Waals surface area contributed by atoms with Crippen LogP contribution in [0, 0.1) is 0 Å². The summed E-state index contributed by atoms with van der Waals surface area (Å²) in [5, 5.41) is 0. The summed E-state index contributed by atoms with van der Waals surface area (Å²) in [6, 6.07) is 0. The maximum atomic E-state index is 16.0. The number of hydrogen-bond donors (Lipinski definition) is 0. The van der Waals surface area contributed by atoms with Gasteiger partial charge in [-0.1, -0.05) is 0 Å². The van der Waals surface area contributed by atoms with Gasteiger partial charge in [0.1, 0.15) is 0 Å². The fourth-order valence-corrected chi connectivity index (χ4v) is 60.7. The van der Waals surface area contributed by atoms with Gasteiger partial charge in [-0.15, -0.1) is 0 Å². The summed E-state index contributed by atoms with van der Waals surface area (Å²) in [6.45, 7) is 0. The molecular formula is C48H24F78OSn2. The van der Waals surface area contributed by atoms with Crippen LogP contribution in [0.4, 0.5) is 342 Å². The van der Waals surface area contributed by atoms with Gasteiger partial charge in [0, 0.05) is 0 Å². The molecule has 0 rings (SSSR count). The van der Waals surface area contributed by atoms with Gasteiger partial charge in [0.15, 0.2) is 0 Å². The summed E-state index contributed by atoms with van der Waals surface area (Å²) in [4.78, 5) is 0. The minimum absolute atomic E-state index is 3.51. The van der Waals surface area contributed by atoms with Crippen LogP contribution in [0.2, 0.25) is 26.6 Å². The van der Waals surface area contributed by atoms with Crippen LogP contribution in [0.15, 0.2) is 0 Å². The molecule has 0 radical (unpaired) electrons. The molecule has 81 heteroatoms. The second-order valence-corrected chi connectivity index (χ2v) is 53.0.